The van der Waals surface area contributed by atoms with Crippen molar-refractivity contribution in [2.45, 2.75) is 13.3 Å². The van der Waals surface area contributed by atoms with Crippen LogP contribution in [0.4, 0.5) is 5.82 Å². The molecule has 0 fully saturated rings. The molecule has 0 saturated heterocycles. The maximum Gasteiger partial charge on any atom is 0.230 e. The Hall–Kier alpha value is -2.56. The summed E-state index contributed by atoms with van der Waals surface area (Å²) in [4.78, 5) is 15.8. The van der Waals surface area contributed by atoms with Gasteiger partial charge in [-0.05, 0) is 36.2 Å². The van der Waals surface area contributed by atoms with Crippen molar-refractivity contribution in [3.8, 4) is 11.5 Å². The van der Waals surface area contributed by atoms with Gasteiger partial charge in [0.05, 0.1) is 13.5 Å². The van der Waals surface area contributed by atoms with Crippen LogP contribution in [-0.4, -0.2) is 23.1 Å². The Morgan fingerprint density at radius 3 is 2.90 bits per heavy atom. The predicted molar refractivity (Wildman–Crippen MR) is 76.0 cm³/mol. The number of carbonyl (C=O) groups is 1. The number of aryl methyl sites for hydroxylation is 1. The molecule has 1 aromatic carbocycles. The van der Waals surface area contributed by atoms with Crippen molar-refractivity contribution >= 4 is 11.7 Å². The van der Waals surface area contributed by atoms with Crippen molar-refractivity contribution in [1.82, 2.24) is 4.98 Å². The van der Waals surface area contributed by atoms with Crippen LogP contribution in [0, 0.1) is 6.92 Å². The maximum atomic E-state index is 11.9. The van der Waals surface area contributed by atoms with E-state index in [1.165, 1.54) is 12.3 Å². The number of pyridine rings is 1. The van der Waals surface area contributed by atoms with E-state index in [0.29, 0.717) is 0 Å². The zero-order chi connectivity index (χ0) is 14.5. The molecule has 2 rings (SSSR count). The molecular weight excluding hydrogens is 256 g/mol. The zero-order valence-electron chi connectivity index (χ0n) is 11.4. The van der Waals surface area contributed by atoms with Crippen LogP contribution in [0.3, 0.4) is 0 Å². The quantitative estimate of drug-likeness (QED) is 0.895. The minimum Gasteiger partial charge on any atom is -0.504 e. The van der Waals surface area contributed by atoms with Gasteiger partial charge in [-0.15, -0.1) is 0 Å². The van der Waals surface area contributed by atoms with E-state index in [1.54, 1.807) is 13.2 Å². The molecule has 0 unspecified atom stereocenters. The Morgan fingerprint density at radius 2 is 2.20 bits per heavy atom. The van der Waals surface area contributed by atoms with E-state index >= 15 is 0 Å². The van der Waals surface area contributed by atoms with Gasteiger partial charge >= 0.3 is 0 Å². The molecule has 0 atom stereocenters. The Bertz CT molecular complexity index is 626. The van der Waals surface area contributed by atoms with Gasteiger partial charge in [-0.3, -0.25) is 4.79 Å². The number of ether oxygens (including phenoxy) is 1. The van der Waals surface area contributed by atoms with Gasteiger partial charge in [0.25, 0.3) is 0 Å². The number of aromatic nitrogens is 1. The fraction of sp³-hybridized carbons (Fsp3) is 0.200. The highest BCUT2D eigenvalue weighted by Gasteiger charge is 2.09. The number of nitrogens with one attached hydrogen (secondary N) is 1. The summed E-state index contributed by atoms with van der Waals surface area (Å²) >= 11 is 0. The first-order valence-electron chi connectivity index (χ1n) is 6.17. The van der Waals surface area contributed by atoms with Gasteiger partial charge in [0.2, 0.25) is 5.91 Å². The Morgan fingerprint density at radius 1 is 1.40 bits per heavy atom. The number of nitrogens with zero attached hydrogens (tertiary/aromatic N) is 1. The molecule has 2 aromatic rings. The molecule has 2 N–H and O–H groups in total. The van der Waals surface area contributed by atoms with Crippen molar-refractivity contribution < 1.29 is 14.6 Å². The number of methoxy groups -OCH3 is 1. The van der Waals surface area contributed by atoms with Gasteiger partial charge in [-0.25, -0.2) is 4.98 Å². The summed E-state index contributed by atoms with van der Waals surface area (Å²) in [6, 6.07) is 8.66. The molecule has 20 heavy (non-hydrogen) atoms. The lowest BCUT2D eigenvalue weighted by Gasteiger charge is -2.08. The van der Waals surface area contributed by atoms with Gasteiger partial charge in [0.15, 0.2) is 11.6 Å². The molecule has 0 radical (unpaired) electrons. The molecule has 0 bridgehead atoms. The average Bonchev–Trinajstić information content (AvgIpc) is 2.43. The Balaban J connectivity index is 2.07. The first-order chi connectivity index (χ1) is 9.60. The molecule has 0 saturated carbocycles. The van der Waals surface area contributed by atoms with E-state index in [9.17, 15) is 9.90 Å². The number of aromatic hydroxyl groups is 1. The fourth-order valence-corrected chi connectivity index (χ4v) is 1.83. The SMILES string of the molecule is COc1cc(CC(=O)Nc2ncccc2O)ccc1C. The van der Waals surface area contributed by atoms with Crippen LogP contribution >= 0.6 is 0 Å². The molecule has 1 amide bonds. The summed E-state index contributed by atoms with van der Waals surface area (Å²) in [5.74, 6) is 0.611. The summed E-state index contributed by atoms with van der Waals surface area (Å²) < 4.78 is 5.22. The van der Waals surface area contributed by atoms with E-state index in [0.717, 1.165) is 16.9 Å². The predicted octanol–water partition coefficient (Wildman–Crippen LogP) is 2.29. The molecule has 5 heteroatoms. The van der Waals surface area contributed by atoms with E-state index in [2.05, 4.69) is 10.3 Å². The molecule has 0 aliphatic heterocycles. The van der Waals surface area contributed by atoms with Crippen molar-refractivity contribution in [1.29, 1.82) is 0 Å². The lowest BCUT2D eigenvalue weighted by Crippen LogP contribution is -2.15. The van der Waals surface area contributed by atoms with Crippen molar-refractivity contribution in [2.24, 2.45) is 0 Å². The van der Waals surface area contributed by atoms with Crippen LogP contribution in [0.15, 0.2) is 36.5 Å². The van der Waals surface area contributed by atoms with Crippen LogP contribution in [0.1, 0.15) is 11.1 Å². The fourth-order valence-electron chi connectivity index (χ4n) is 1.83. The second kappa shape index (κ2) is 6.06. The van der Waals surface area contributed by atoms with Crippen molar-refractivity contribution in [3.05, 3.63) is 47.7 Å². The van der Waals surface area contributed by atoms with Crippen LogP contribution in [0.25, 0.3) is 0 Å². The number of rotatable bonds is 4. The first-order valence-corrected chi connectivity index (χ1v) is 6.17. The Kier molecular flexibility index (Phi) is 4.20. The van der Waals surface area contributed by atoms with E-state index in [4.69, 9.17) is 4.74 Å². The van der Waals surface area contributed by atoms with Gasteiger partial charge in [-0.2, -0.15) is 0 Å². The Labute approximate surface area is 117 Å². The highest BCUT2D eigenvalue weighted by Crippen LogP contribution is 2.21. The van der Waals surface area contributed by atoms with Crippen LogP contribution in [-0.2, 0) is 11.2 Å². The second-order valence-electron chi connectivity index (χ2n) is 4.40. The number of anilines is 1. The number of amides is 1. The summed E-state index contributed by atoms with van der Waals surface area (Å²) in [5, 5.41) is 12.1. The third-order valence-corrected chi connectivity index (χ3v) is 2.88. The largest absolute Gasteiger partial charge is 0.504 e. The highest BCUT2D eigenvalue weighted by molar-refractivity contribution is 5.92. The topological polar surface area (TPSA) is 71.5 Å². The van der Waals surface area contributed by atoms with Crippen LogP contribution in [0.2, 0.25) is 0 Å². The number of carbonyl (C=O) groups excluding carboxylic acids is 1. The van der Waals surface area contributed by atoms with Gasteiger partial charge < -0.3 is 15.2 Å². The summed E-state index contributed by atoms with van der Waals surface area (Å²) in [7, 11) is 1.60. The van der Waals surface area contributed by atoms with Gasteiger partial charge in [-0.1, -0.05) is 12.1 Å². The minimum atomic E-state index is -0.245. The lowest BCUT2D eigenvalue weighted by atomic mass is 10.1. The zero-order valence-corrected chi connectivity index (χ0v) is 11.4. The molecule has 1 heterocycles. The maximum absolute atomic E-state index is 11.9. The number of hydrogen-bond donors (Lipinski definition) is 2. The van der Waals surface area contributed by atoms with Gasteiger partial charge in [0, 0.05) is 6.20 Å². The third kappa shape index (κ3) is 3.26. The molecule has 0 spiro atoms. The standard InChI is InChI=1S/C15H16N2O3/c1-10-5-6-11(8-13(10)20-2)9-14(19)17-15-12(18)4-3-7-16-15/h3-8,18H,9H2,1-2H3,(H,16,17,19). The van der Waals surface area contributed by atoms with E-state index in [1.807, 2.05) is 25.1 Å². The molecule has 104 valence electrons. The van der Waals surface area contributed by atoms with Gasteiger partial charge in [0.1, 0.15) is 5.75 Å². The van der Waals surface area contributed by atoms with Crippen LogP contribution < -0.4 is 10.1 Å². The number of benzene rings is 1. The molecule has 1 aromatic heterocycles. The van der Waals surface area contributed by atoms with Crippen LogP contribution in [0.5, 0.6) is 11.5 Å². The number of hydrogen-bond acceptors (Lipinski definition) is 4. The monoisotopic (exact) mass is 272 g/mol. The summed E-state index contributed by atoms with van der Waals surface area (Å²) in [6.07, 6.45) is 1.69. The highest BCUT2D eigenvalue weighted by atomic mass is 16.5. The summed E-state index contributed by atoms with van der Waals surface area (Å²) in [6.45, 7) is 1.94. The smallest absolute Gasteiger partial charge is 0.230 e. The normalized spacial score (nSPS) is 10.1. The van der Waals surface area contributed by atoms with E-state index < -0.39 is 0 Å². The van der Waals surface area contributed by atoms with E-state index in [-0.39, 0.29) is 23.9 Å². The molecule has 5 nitrogen and oxygen atoms in total. The first kappa shape index (κ1) is 13.9. The summed E-state index contributed by atoms with van der Waals surface area (Å²) in [5.41, 5.74) is 1.85. The molecule has 0 aliphatic carbocycles. The van der Waals surface area contributed by atoms with Crippen molar-refractivity contribution in [2.75, 3.05) is 12.4 Å². The molecular formula is C15H16N2O3. The second-order valence-corrected chi connectivity index (χ2v) is 4.40. The minimum absolute atomic E-state index is 0.0534. The molecule has 0 aliphatic rings. The average molecular weight is 272 g/mol. The van der Waals surface area contributed by atoms with Crippen molar-refractivity contribution in [3.63, 3.8) is 0 Å². The lowest BCUT2D eigenvalue weighted by molar-refractivity contribution is -0.115. The third-order valence-electron chi connectivity index (χ3n) is 2.88.